The molecule has 2 N–H and O–H groups in total. The van der Waals surface area contributed by atoms with Crippen molar-refractivity contribution in [1.29, 1.82) is 0 Å². The van der Waals surface area contributed by atoms with Gasteiger partial charge in [-0.3, -0.25) is 14.5 Å². The number of likely N-dealkylation sites (tertiary alicyclic amines) is 1. The van der Waals surface area contributed by atoms with Crippen molar-refractivity contribution in [1.82, 2.24) is 4.90 Å². The Bertz CT molecular complexity index is 932. The number of hydrogen-bond donors (Lipinski definition) is 1. The Morgan fingerprint density at radius 3 is 2.30 bits per heavy atom. The summed E-state index contributed by atoms with van der Waals surface area (Å²) >= 11 is 0. The Balaban J connectivity index is 1.61. The Morgan fingerprint density at radius 2 is 1.67 bits per heavy atom. The SMILES string of the molecule is CC(=O)N1c2ccc(-c3ccc(CN4CCCCC4)cc3)cc2C(C(N)=O)CC1C. The van der Waals surface area contributed by atoms with E-state index in [1.807, 2.05) is 25.1 Å². The van der Waals surface area contributed by atoms with Crippen molar-refractivity contribution < 1.29 is 9.59 Å². The first-order valence-electron chi connectivity index (χ1n) is 11.0. The van der Waals surface area contributed by atoms with E-state index < -0.39 is 0 Å². The molecule has 5 nitrogen and oxygen atoms in total. The molecule has 1 fully saturated rings. The van der Waals surface area contributed by atoms with E-state index in [1.54, 1.807) is 11.8 Å². The Morgan fingerprint density at radius 1 is 1.00 bits per heavy atom. The fraction of sp³-hybridized carbons (Fsp3) is 0.440. The lowest BCUT2D eigenvalue weighted by Gasteiger charge is -2.38. The van der Waals surface area contributed by atoms with E-state index in [-0.39, 0.29) is 23.8 Å². The van der Waals surface area contributed by atoms with Crippen LogP contribution in [0, 0.1) is 0 Å². The second-order valence-corrected chi connectivity index (χ2v) is 8.74. The smallest absolute Gasteiger partial charge is 0.225 e. The molecule has 158 valence electrons. The molecule has 0 aromatic heterocycles. The van der Waals surface area contributed by atoms with Crippen LogP contribution in [0.2, 0.25) is 0 Å². The Kier molecular flexibility index (Phi) is 5.91. The van der Waals surface area contributed by atoms with E-state index in [0.29, 0.717) is 6.42 Å². The molecule has 0 spiro atoms. The molecule has 0 radical (unpaired) electrons. The molecule has 1 saturated heterocycles. The molecule has 4 rings (SSSR count). The molecule has 0 bridgehead atoms. The van der Waals surface area contributed by atoms with E-state index in [0.717, 1.165) is 28.9 Å². The third kappa shape index (κ3) is 4.12. The largest absolute Gasteiger partial charge is 0.369 e. The predicted octanol–water partition coefficient (Wildman–Crippen LogP) is 4.05. The number of carbonyl (C=O) groups excluding carboxylic acids is 2. The summed E-state index contributed by atoms with van der Waals surface area (Å²) in [6.45, 7) is 6.91. The monoisotopic (exact) mass is 405 g/mol. The minimum absolute atomic E-state index is 0.0125. The highest BCUT2D eigenvalue weighted by Gasteiger charge is 2.35. The lowest BCUT2D eigenvalue weighted by Crippen LogP contribution is -2.44. The summed E-state index contributed by atoms with van der Waals surface area (Å²) in [5.74, 6) is -0.717. The first-order valence-corrected chi connectivity index (χ1v) is 11.0. The molecule has 2 amide bonds. The van der Waals surface area contributed by atoms with Gasteiger partial charge in [0.2, 0.25) is 11.8 Å². The average Bonchev–Trinajstić information content (AvgIpc) is 2.73. The van der Waals surface area contributed by atoms with Crippen molar-refractivity contribution in [2.24, 2.45) is 5.73 Å². The van der Waals surface area contributed by atoms with Gasteiger partial charge in [-0.25, -0.2) is 0 Å². The molecular formula is C25H31N3O2. The highest BCUT2D eigenvalue weighted by Crippen LogP contribution is 2.40. The maximum absolute atomic E-state index is 12.2. The summed E-state index contributed by atoms with van der Waals surface area (Å²) in [4.78, 5) is 28.6. The zero-order valence-corrected chi connectivity index (χ0v) is 17.9. The van der Waals surface area contributed by atoms with Crippen molar-refractivity contribution in [3.63, 3.8) is 0 Å². The van der Waals surface area contributed by atoms with E-state index in [9.17, 15) is 9.59 Å². The average molecular weight is 406 g/mol. The van der Waals surface area contributed by atoms with Gasteiger partial charge >= 0.3 is 0 Å². The third-order valence-corrected chi connectivity index (χ3v) is 6.50. The van der Waals surface area contributed by atoms with Gasteiger partial charge in [0.15, 0.2) is 0 Å². The zero-order chi connectivity index (χ0) is 21.3. The van der Waals surface area contributed by atoms with E-state index >= 15 is 0 Å². The van der Waals surface area contributed by atoms with Crippen molar-refractivity contribution in [2.75, 3.05) is 18.0 Å². The molecule has 2 aromatic carbocycles. The van der Waals surface area contributed by atoms with Crippen molar-refractivity contribution >= 4 is 17.5 Å². The van der Waals surface area contributed by atoms with Gasteiger partial charge in [-0.15, -0.1) is 0 Å². The van der Waals surface area contributed by atoms with Crippen LogP contribution in [0.15, 0.2) is 42.5 Å². The summed E-state index contributed by atoms with van der Waals surface area (Å²) < 4.78 is 0. The molecule has 2 aliphatic heterocycles. The Hall–Kier alpha value is -2.66. The van der Waals surface area contributed by atoms with Gasteiger partial charge in [-0.1, -0.05) is 36.8 Å². The number of carbonyl (C=O) groups is 2. The van der Waals surface area contributed by atoms with Crippen LogP contribution in [0.1, 0.15) is 56.6 Å². The molecule has 30 heavy (non-hydrogen) atoms. The second kappa shape index (κ2) is 8.60. The number of anilines is 1. The maximum Gasteiger partial charge on any atom is 0.225 e. The molecular weight excluding hydrogens is 374 g/mol. The lowest BCUT2D eigenvalue weighted by molar-refractivity contribution is -0.121. The second-order valence-electron chi connectivity index (χ2n) is 8.74. The molecule has 2 heterocycles. The lowest BCUT2D eigenvalue weighted by atomic mass is 9.84. The van der Waals surface area contributed by atoms with Crippen molar-refractivity contribution in [3.05, 3.63) is 53.6 Å². The van der Waals surface area contributed by atoms with Crippen LogP contribution < -0.4 is 10.6 Å². The topological polar surface area (TPSA) is 66.6 Å². The van der Waals surface area contributed by atoms with Gasteiger partial charge in [0, 0.05) is 25.2 Å². The molecule has 5 heteroatoms. The summed E-state index contributed by atoms with van der Waals surface area (Å²) in [5.41, 5.74) is 10.8. The van der Waals surface area contributed by atoms with Crippen LogP contribution in [0.4, 0.5) is 5.69 Å². The predicted molar refractivity (Wildman–Crippen MR) is 120 cm³/mol. The van der Waals surface area contributed by atoms with Crippen LogP contribution in [0.25, 0.3) is 11.1 Å². The summed E-state index contributed by atoms with van der Waals surface area (Å²) in [7, 11) is 0. The van der Waals surface area contributed by atoms with E-state index in [1.165, 1.54) is 37.9 Å². The number of rotatable bonds is 4. The third-order valence-electron chi connectivity index (χ3n) is 6.50. The van der Waals surface area contributed by atoms with Gasteiger partial charge in [0.1, 0.15) is 0 Å². The summed E-state index contributed by atoms with van der Waals surface area (Å²) in [6, 6.07) is 14.7. The number of hydrogen-bond acceptors (Lipinski definition) is 3. The first-order chi connectivity index (χ1) is 14.4. The van der Waals surface area contributed by atoms with Gasteiger partial charge in [0.25, 0.3) is 0 Å². The Labute approximate surface area is 178 Å². The standard InChI is InChI=1S/C25H31N3O2/c1-17-14-23(25(26)30)22-15-21(10-11-24(22)28(17)18(2)29)20-8-6-19(7-9-20)16-27-12-4-3-5-13-27/h6-11,15,17,23H,3-5,12-14,16H2,1-2H3,(H2,26,30). The molecule has 0 aliphatic carbocycles. The van der Waals surface area contributed by atoms with E-state index in [2.05, 4.69) is 29.2 Å². The number of primary amides is 1. The number of piperidine rings is 1. The van der Waals surface area contributed by atoms with Crippen LogP contribution in [0.5, 0.6) is 0 Å². The zero-order valence-electron chi connectivity index (χ0n) is 17.9. The van der Waals surface area contributed by atoms with Crippen LogP contribution in [-0.2, 0) is 16.1 Å². The number of nitrogens with zero attached hydrogens (tertiary/aromatic N) is 2. The van der Waals surface area contributed by atoms with Gasteiger partial charge in [0.05, 0.1) is 5.92 Å². The number of amides is 2. The van der Waals surface area contributed by atoms with Crippen LogP contribution >= 0.6 is 0 Å². The van der Waals surface area contributed by atoms with Crippen molar-refractivity contribution in [2.45, 2.75) is 58.0 Å². The highest BCUT2D eigenvalue weighted by molar-refractivity contribution is 5.97. The summed E-state index contributed by atoms with van der Waals surface area (Å²) in [6.07, 6.45) is 4.49. The first kappa shape index (κ1) is 20.6. The number of benzene rings is 2. The molecule has 2 aromatic rings. The fourth-order valence-electron chi connectivity index (χ4n) is 4.97. The van der Waals surface area contributed by atoms with Crippen molar-refractivity contribution in [3.8, 4) is 11.1 Å². The minimum atomic E-state index is -0.371. The maximum atomic E-state index is 12.2. The minimum Gasteiger partial charge on any atom is -0.369 e. The fourth-order valence-corrected chi connectivity index (χ4v) is 4.97. The highest BCUT2D eigenvalue weighted by atomic mass is 16.2. The van der Waals surface area contributed by atoms with E-state index in [4.69, 9.17) is 5.73 Å². The molecule has 0 saturated carbocycles. The number of fused-ring (bicyclic) bond motifs is 1. The molecule has 2 unspecified atom stereocenters. The van der Waals surface area contributed by atoms with Gasteiger partial charge in [-0.2, -0.15) is 0 Å². The summed E-state index contributed by atoms with van der Waals surface area (Å²) in [5, 5.41) is 0. The van der Waals surface area contributed by atoms with Gasteiger partial charge in [-0.05, 0) is 73.7 Å². The quantitative estimate of drug-likeness (QED) is 0.834. The normalized spacial score (nSPS) is 21.9. The number of nitrogens with two attached hydrogens (primary N) is 1. The molecule has 2 atom stereocenters. The molecule has 2 aliphatic rings. The van der Waals surface area contributed by atoms with Crippen LogP contribution in [0.3, 0.4) is 0 Å². The van der Waals surface area contributed by atoms with Crippen LogP contribution in [-0.4, -0.2) is 35.8 Å². The van der Waals surface area contributed by atoms with Gasteiger partial charge < -0.3 is 10.6 Å².